The Bertz CT molecular complexity index is 317. The van der Waals surface area contributed by atoms with Crippen molar-refractivity contribution in [3.8, 4) is 0 Å². The van der Waals surface area contributed by atoms with E-state index in [9.17, 15) is 8.78 Å². The highest BCUT2D eigenvalue weighted by molar-refractivity contribution is 6.32. The molecule has 6 heteroatoms. The van der Waals surface area contributed by atoms with Gasteiger partial charge in [-0.05, 0) is 0 Å². The number of rotatable bonds is 2. The first kappa shape index (κ1) is 10.1. The van der Waals surface area contributed by atoms with Gasteiger partial charge in [0.1, 0.15) is 0 Å². The second kappa shape index (κ2) is 3.85. The Balaban J connectivity index is 3.30. The fourth-order valence-electron chi connectivity index (χ4n) is 0.920. The largest absolute Gasteiger partial charge is 0.397 e. The number of alkyl halides is 2. The third-order valence-electron chi connectivity index (χ3n) is 1.57. The van der Waals surface area contributed by atoms with Gasteiger partial charge in [0.2, 0.25) is 0 Å². The van der Waals surface area contributed by atoms with Crippen molar-refractivity contribution in [3.63, 3.8) is 0 Å². The van der Waals surface area contributed by atoms with E-state index in [4.69, 9.17) is 23.1 Å². The van der Waals surface area contributed by atoms with E-state index in [2.05, 4.69) is 4.98 Å². The summed E-state index contributed by atoms with van der Waals surface area (Å²) < 4.78 is 24.7. The van der Waals surface area contributed by atoms with Crippen molar-refractivity contribution in [3.05, 3.63) is 22.5 Å². The SMILES string of the molecule is NCc1ncc(N)c(C(F)F)c1Cl. The summed E-state index contributed by atoms with van der Waals surface area (Å²) in [6.07, 6.45) is -1.57. The quantitative estimate of drug-likeness (QED) is 0.776. The highest BCUT2D eigenvalue weighted by Gasteiger charge is 2.18. The summed E-state index contributed by atoms with van der Waals surface area (Å²) in [7, 11) is 0. The first-order chi connectivity index (χ1) is 6.07. The minimum absolute atomic E-state index is 0.0127. The molecule has 3 nitrogen and oxygen atoms in total. The molecule has 0 amide bonds. The molecule has 0 aromatic carbocycles. The topological polar surface area (TPSA) is 64.9 Å². The van der Waals surface area contributed by atoms with Crippen molar-refractivity contribution in [2.75, 3.05) is 5.73 Å². The van der Waals surface area contributed by atoms with Gasteiger partial charge in [-0.15, -0.1) is 0 Å². The van der Waals surface area contributed by atoms with Crippen LogP contribution >= 0.6 is 11.6 Å². The number of anilines is 1. The summed E-state index contributed by atoms with van der Waals surface area (Å²) in [5, 5.41) is -0.141. The smallest absolute Gasteiger partial charge is 0.267 e. The molecule has 72 valence electrons. The van der Waals surface area contributed by atoms with Gasteiger partial charge in [0, 0.05) is 6.54 Å². The van der Waals surface area contributed by atoms with Crippen molar-refractivity contribution >= 4 is 17.3 Å². The molecule has 0 unspecified atom stereocenters. The van der Waals surface area contributed by atoms with Crippen molar-refractivity contribution in [2.45, 2.75) is 13.0 Å². The molecule has 0 aliphatic rings. The molecule has 1 heterocycles. The summed E-state index contributed by atoms with van der Waals surface area (Å²) >= 11 is 5.61. The number of aromatic nitrogens is 1. The van der Waals surface area contributed by atoms with E-state index >= 15 is 0 Å². The minimum atomic E-state index is -2.71. The first-order valence-electron chi connectivity index (χ1n) is 3.49. The number of hydrogen-bond acceptors (Lipinski definition) is 3. The monoisotopic (exact) mass is 207 g/mol. The summed E-state index contributed by atoms with van der Waals surface area (Å²) in [6, 6.07) is 0. The fraction of sp³-hybridized carbons (Fsp3) is 0.286. The van der Waals surface area contributed by atoms with Crippen LogP contribution in [0.25, 0.3) is 0 Å². The Morgan fingerprint density at radius 1 is 1.54 bits per heavy atom. The molecule has 0 bridgehead atoms. The molecule has 4 N–H and O–H groups in total. The molecule has 0 aliphatic carbocycles. The maximum Gasteiger partial charge on any atom is 0.267 e. The second-order valence-corrected chi connectivity index (χ2v) is 2.77. The van der Waals surface area contributed by atoms with Gasteiger partial charge in [0.25, 0.3) is 6.43 Å². The molecule has 0 fully saturated rings. The summed E-state index contributed by atoms with van der Waals surface area (Å²) in [5.41, 5.74) is 10.2. The average Bonchev–Trinajstić information content (AvgIpc) is 2.04. The Labute approximate surface area is 78.7 Å². The van der Waals surface area contributed by atoms with Crippen molar-refractivity contribution in [1.29, 1.82) is 0 Å². The van der Waals surface area contributed by atoms with E-state index in [1.807, 2.05) is 0 Å². The summed E-state index contributed by atoms with van der Waals surface area (Å²) in [6.45, 7) is 0.0127. The Kier molecular flexibility index (Phi) is 3.00. The molecule has 13 heavy (non-hydrogen) atoms. The normalized spacial score (nSPS) is 10.8. The molecular weight excluding hydrogens is 200 g/mol. The highest BCUT2D eigenvalue weighted by Crippen LogP contribution is 2.32. The van der Waals surface area contributed by atoms with Gasteiger partial charge in [-0.25, -0.2) is 8.78 Å². The zero-order valence-corrected chi connectivity index (χ0v) is 7.35. The van der Waals surface area contributed by atoms with Gasteiger partial charge in [-0.2, -0.15) is 0 Å². The molecule has 0 aliphatic heterocycles. The maximum atomic E-state index is 12.4. The number of hydrogen-bond donors (Lipinski definition) is 2. The molecular formula is C7H8ClF2N3. The van der Waals surface area contributed by atoms with E-state index in [1.165, 1.54) is 0 Å². The van der Waals surface area contributed by atoms with Crippen molar-refractivity contribution in [2.24, 2.45) is 5.73 Å². The number of pyridine rings is 1. The van der Waals surface area contributed by atoms with E-state index < -0.39 is 12.0 Å². The third kappa shape index (κ3) is 1.87. The predicted octanol–water partition coefficient (Wildman–Crippen LogP) is 1.71. The maximum absolute atomic E-state index is 12.4. The van der Waals surface area contributed by atoms with E-state index in [-0.39, 0.29) is 22.9 Å². The average molecular weight is 208 g/mol. The van der Waals surface area contributed by atoms with Gasteiger partial charge in [-0.3, -0.25) is 4.98 Å². The highest BCUT2D eigenvalue weighted by atomic mass is 35.5. The number of halogens is 3. The van der Waals surface area contributed by atoms with Crippen LogP contribution in [-0.4, -0.2) is 4.98 Å². The van der Waals surface area contributed by atoms with Crippen LogP contribution < -0.4 is 11.5 Å². The second-order valence-electron chi connectivity index (χ2n) is 2.39. The molecule has 0 spiro atoms. The van der Waals surface area contributed by atoms with E-state index in [0.717, 1.165) is 6.20 Å². The lowest BCUT2D eigenvalue weighted by atomic mass is 10.2. The molecule has 0 saturated carbocycles. The van der Waals surface area contributed by atoms with E-state index in [0.29, 0.717) is 0 Å². The van der Waals surface area contributed by atoms with Crippen molar-refractivity contribution < 1.29 is 8.78 Å². The van der Waals surface area contributed by atoms with Gasteiger partial charge < -0.3 is 11.5 Å². The molecule has 1 aromatic heterocycles. The molecule has 1 aromatic rings. The first-order valence-corrected chi connectivity index (χ1v) is 3.86. The number of nitrogen functional groups attached to an aromatic ring is 1. The van der Waals surface area contributed by atoms with Crippen LogP contribution in [0.4, 0.5) is 14.5 Å². The lowest BCUT2D eigenvalue weighted by Crippen LogP contribution is -2.05. The van der Waals surface area contributed by atoms with Gasteiger partial charge in [-0.1, -0.05) is 11.6 Å². The van der Waals surface area contributed by atoms with Crippen molar-refractivity contribution in [1.82, 2.24) is 4.98 Å². The zero-order valence-electron chi connectivity index (χ0n) is 6.60. The predicted molar refractivity (Wildman–Crippen MR) is 46.5 cm³/mol. The number of nitrogens with two attached hydrogens (primary N) is 2. The van der Waals surface area contributed by atoms with Crippen LogP contribution in [0.1, 0.15) is 17.7 Å². The van der Waals surface area contributed by atoms with Crippen LogP contribution in [0, 0.1) is 0 Å². The van der Waals surface area contributed by atoms with E-state index in [1.54, 1.807) is 0 Å². The molecule has 0 atom stereocenters. The van der Waals surface area contributed by atoms with Crippen LogP contribution in [0.2, 0.25) is 5.02 Å². The van der Waals surface area contributed by atoms with Crippen LogP contribution in [0.3, 0.4) is 0 Å². The molecule has 0 saturated heterocycles. The lowest BCUT2D eigenvalue weighted by molar-refractivity contribution is 0.152. The number of nitrogens with zero attached hydrogens (tertiary/aromatic N) is 1. The van der Waals surface area contributed by atoms with Crippen LogP contribution in [-0.2, 0) is 6.54 Å². The Morgan fingerprint density at radius 2 is 2.15 bits per heavy atom. The van der Waals surface area contributed by atoms with Crippen LogP contribution in [0.15, 0.2) is 6.20 Å². The minimum Gasteiger partial charge on any atom is -0.397 e. The Morgan fingerprint density at radius 3 is 2.62 bits per heavy atom. The van der Waals surface area contributed by atoms with Gasteiger partial charge in [0.05, 0.1) is 28.2 Å². The van der Waals surface area contributed by atoms with Gasteiger partial charge in [0.15, 0.2) is 0 Å². The Hall–Kier alpha value is -0.940. The zero-order chi connectivity index (χ0) is 10.0. The van der Waals surface area contributed by atoms with Gasteiger partial charge >= 0.3 is 0 Å². The molecule has 1 rings (SSSR count). The molecule has 0 radical (unpaired) electrons. The lowest BCUT2D eigenvalue weighted by Gasteiger charge is -2.09. The standard InChI is InChI=1S/C7H8ClF2N3/c8-6-4(1-11)13-2-3(12)5(6)7(9)10/h2,7H,1,11-12H2. The third-order valence-corrected chi connectivity index (χ3v) is 1.99. The fourth-order valence-corrected chi connectivity index (χ4v) is 1.24. The summed E-state index contributed by atoms with van der Waals surface area (Å²) in [4.78, 5) is 3.72. The van der Waals surface area contributed by atoms with Crippen LogP contribution in [0.5, 0.6) is 0 Å². The summed E-state index contributed by atoms with van der Waals surface area (Å²) in [5.74, 6) is 0.